The Morgan fingerprint density at radius 3 is 2.86 bits per heavy atom. The van der Waals surface area contributed by atoms with E-state index in [0.29, 0.717) is 13.1 Å². The van der Waals surface area contributed by atoms with Gasteiger partial charge in [0.15, 0.2) is 0 Å². The first-order chi connectivity index (χ1) is 10.6. The second-order valence-corrected chi connectivity index (χ2v) is 6.21. The maximum atomic E-state index is 12.6. The van der Waals surface area contributed by atoms with Crippen molar-refractivity contribution in [3.8, 4) is 0 Å². The molecule has 1 amide bonds. The lowest BCUT2D eigenvalue weighted by molar-refractivity contribution is -0.313. The normalized spacial score (nSPS) is 35.2. The fraction of sp³-hybridized carbons (Fsp3) is 0.412. The number of carbonyl (C=O) groups is 2. The van der Waals surface area contributed by atoms with Crippen molar-refractivity contribution in [1.82, 2.24) is 4.90 Å². The smallest absolute Gasteiger partial charge is 0.229 e. The van der Waals surface area contributed by atoms with Crippen LogP contribution in [0.4, 0.5) is 0 Å². The molecular formula is C17H16NO4-. The largest absolute Gasteiger partial charge is 0.550 e. The molecule has 4 atom stereocenters. The molecule has 4 rings (SSSR count). The summed E-state index contributed by atoms with van der Waals surface area (Å²) in [6, 6.07) is 9.93. The van der Waals surface area contributed by atoms with Gasteiger partial charge in [-0.25, -0.2) is 0 Å². The van der Waals surface area contributed by atoms with E-state index in [4.69, 9.17) is 4.74 Å². The standard InChI is InChI=1S/C17H17NO4/c19-15-14-13(16(20)21)12-6-8-17(14,22-12)10-18(15)9-7-11-4-2-1-3-5-11/h1-6,8,12-14H,7,9-10H2,(H,20,21)/p-1/t12-,13-,14+,17-/m0/s1. The van der Waals surface area contributed by atoms with Crippen LogP contribution in [-0.2, 0) is 20.7 Å². The Labute approximate surface area is 128 Å². The molecule has 2 fully saturated rings. The lowest BCUT2D eigenvalue weighted by atomic mass is 9.77. The highest BCUT2D eigenvalue weighted by atomic mass is 16.5. The Kier molecular flexibility index (Phi) is 2.87. The number of carboxylic acid groups (broad SMARTS) is 1. The first-order valence-corrected chi connectivity index (χ1v) is 7.51. The first kappa shape index (κ1) is 13.5. The van der Waals surface area contributed by atoms with Gasteiger partial charge in [0, 0.05) is 18.4 Å². The van der Waals surface area contributed by atoms with E-state index in [1.165, 1.54) is 0 Å². The van der Waals surface area contributed by atoms with E-state index in [2.05, 4.69) is 0 Å². The van der Waals surface area contributed by atoms with Crippen LogP contribution in [0, 0.1) is 11.8 Å². The van der Waals surface area contributed by atoms with Gasteiger partial charge in [-0.05, 0) is 12.0 Å². The van der Waals surface area contributed by atoms with Crippen molar-refractivity contribution >= 4 is 11.9 Å². The number of amides is 1. The van der Waals surface area contributed by atoms with Crippen LogP contribution in [0.5, 0.6) is 0 Å². The number of aliphatic carboxylic acids is 1. The zero-order valence-corrected chi connectivity index (χ0v) is 12.0. The van der Waals surface area contributed by atoms with Crippen LogP contribution in [0.3, 0.4) is 0 Å². The van der Waals surface area contributed by atoms with Crippen molar-refractivity contribution in [2.24, 2.45) is 11.8 Å². The Morgan fingerprint density at radius 1 is 1.36 bits per heavy atom. The number of benzene rings is 1. The van der Waals surface area contributed by atoms with Crippen molar-refractivity contribution in [2.75, 3.05) is 13.1 Å². The quantitative estimate of drug-likeness (QED) is 0.720. The lowest BCUT2D eigenvalue weighted by Gasteiger charge is -2.24. The van der Waals surface area contributed by atoms with Crippen LogP contribution in [0.15, 0.2) is 42.5 Å². The molecule has 22 heavy (non-hydrogen) atoms. The van der Waals surface area contributed by atoms with Gasteiger partial charge in [-0.15, -0.1) is 0 Å². The van der Waals surface area contributed by atoms with E-state index in [1.807, 2.05) is 36.4 Å². The summed E-state index contributed by atoms with van der Waals surface area (Å²) in [5, 5.41) is 11.4. The average Bonchev–Trinajstić information content (AvgIpc) is 3.14. The molecule has 0 saturated carbocycles. The van der Waals surface area contributed by atoms with E-state index < -0.39 is 29.5 Å². The molecule has 1 aromatic rings. The minimum Gasteiger partial charge on any atom is -0.550 e. The van der Waals surface area contributed by atoms with E-state index in [-0.39, 0.29) is 5.91 Å². The molecule has 5 heteroatoms. The minimum atomic E-state index is -1.19. The van der Waals surface area contributed by atoms with Gasteiger partial charge in [0.1, 0.15) is 5.60 Å². The van der Waals surface area contributed by atoms with E-state index in [0.717, 1.165) is 12.0 Å². The lowest BCUT2D eigenvalue weighted by Crippen LogP contribution is -2.45. The van der Waals surface area contributed by atoms with Crippen LogP contribution < -0.4 is 5.11 Å². The molecule has 3 heterocycles. The third-order valence-electron chi connectivity index (χ3n) is 4.96. The van der Waals surface area contributed by atoms with Gasteiger partial charge < -0.3 is 19.5 Å². The Bertz CT molecular complexity index is 656. The maximum absolute atomic E-state index is 12.6. The topological polar surface area (TPSA) is 69.7 Å². The highest BCUT2D eigenvalue weighted by molar-refractivity contribution is 5.90. The second-order valence-electron chi connectivity index (χ2n) is 6.21. The number of carboxylic acids is 1. The summed E-state index contributed by atoms with van der Waals surface area (Å²) < 4.78 is 5.82. The summed E-state index contributed by atoms with van der Waals surface area (Å²) in [4.78, 5) is 25.7. The fourth-order valence-corrected chi connectivity index (χ4v) is 3.95. The molecule has 0 aliphatic carbocycles. The highest BCUT2D eigenvalue weighted by Gasteiger charge is 2.65. The van der Waals surface area contributed by atoms with Crippen LogP contribution in [0.1, 0.15) is 5.56 Å². The number of likely N-dealkylation sites (tertiary alicyclic amines) is 1. The van der Waals surface area contributed by atoms with Gasteiger partial charge in [0.2, 0.25) is 5.91 Å². The Balaban J connectivity index is 1.53. The highest BCUT2D eigenvalue weighted by Crippen LogP contribution is 2.51. The summed E-state index contributed by atoms with van der Waals surface area (Å²) in [5.41, 5.74) is 0.394. The Hall–Kier alpha value is -2.14. The van der Waals surface area contributed by atoms with Crippen molar-refractivity contribution in [1.29, 1.82) is 0 Å². The van der Waals surface area contributed by atoms with Crippen LogP contribution in [0.2, 0.25) is 0 Å². The third kappa shape index (κ3) is 1.82. The first-order valence-electron chi connectivity index (χ1n) is 7.51. The van der Waals surface area contributed by atoms with Gasteiger partial charge in [-0.1, -0.05) is 42.5 Å². The average molecular weight is 298 g/mol. The van der Waals surface area contributed by atoms with Gasteiger partial charge in [-0.2, -0.15) is 0 Å². The third-order valence-corrected chi connectivity index (χ3v) is 4.96. The fourth-order valence-electron chi connectivity index (χ4n) is 3.95. The second kappa shape index (κ2) is 4.68. The summed E-state index contributed by atoms with van der Waals surface area (Å²) >= 11 is 0. The molecule has 0 radical (unpaired) electrons. The molecule has 114 valence electrons. The molecule has 2 bridgehead atoms. The monoisotopic (exact) mass is 298 g/mol. The van der Waals surface area contributed by atoms with Crippen LogP contribution in [0.25, 0.3) is 0 Å². The number of fused-ring (bicyclic) bond motifs is 1. The summed E-state index contributed by atoms with van der Waals surface area (Å²) in [7, 11) is 0. The van der Waals surface area contributed by atoms with E-state index >= 15 is 0 Å². The van der Waals surface area contributed by atoms with Crippen molar-refractivity contribution < 1.29 is 19.4 Å². The van der Waals surface area contributed by atoms with Gasteiger partial charge in [0.25, 0.3) is 0 Å². The zero-order valence-electron chi connectivity index (χ0n) is 12.0. The van der Waals surface area contributed by atoms with Gasteiger partial charge in [0.05, 0.1) is 18.6 Å². The molecule has 2 saturated heterocycles. The number of nitrogens with zero attached hydrogens (tertiary/aromatic N) is 1. The van der Waals surface area contributed by atoms with Crippen LogP contribution >= 0.6 is 0 Å². The molecule has 5 nitrogen and oxygen atoms in total. The SMILES string of the molecule is O=C([O-])[C@H]1[C@@H]2C=C[C@@]3(CN(CCc4ccccc4)C(=O)[C@@H]13)O2. The zero-order chi connectivity index (χ0) is 15.3. The molecule has 0 aromatic heterocycles. The van der Waals surface area contributed by atoms with Crippen molar-refractivity contribution in [3.05, 3.63) is 48.0 Å². The molecule has 3 aliphatic heterocycles. The predicted octanol–water partition coefficient (Wildman–Crippen LogP) is -0.239. The number of hydrogen-bond acceptors (Lipinski definition) is 4. The predicted molar refractivity (Wildman–Crippen MR) is 75.5 cm³/mol. The van der Waals surface area contributed by atoms with E-state index in [1.54, 1.807) is 11.0 Å². The van der Waals surface area contributed by atoms with Gasteiger partial charge in [-0.3, -0.25) is 4.79 Å². The summed E-state index contributed by atoms with van der Waals surface area (Å²) in [6.07, 6.45) is 3.85. The Morgan fingerprint density at radius 2 is 2.14 bits per heavy atom. The number of rotatable bonds is 4. The summed E-state index contributed by atoms with van der Waals surface area (Å²) in [5.74, 6) is -2.82. The molecule has 1 spiro atoms. The molecule has 0 unspecified atom stereocenters. The number of carbonyl (C=O) groups excluding carboxylic acids is 2. The number of hydrogen-bond donors (Lipinski definition) is 0. The molecule has 3 aliphatic rings. The van der Waals surface area contributed by atoms with Gasteiger partial charge >= 0.3 is 0 Å². The van der Waals surface area contributed by atoms with Crippen molar-refractivity contribution in [2.45, 2.75) is 18.1 Å². The van der Waals surface area contributed by atoms with E-state index in [9.17, 15) is 14.7 Å². The summed E-state index contributed by atoms with van der Waals surface area (Å²) in [6.45, 7) is 1.00. The maximum Gasteiger partial charge on any atom is 0.229 e. The number of ether oxygens (including phenoxy) is 1. The van der Waals surface area contributed by atoms with Crippen LogP contribution in [-0.4, -0.2) is 41.6 Å². The molecule has 0 N–H and O–H groups in total. The molecule has 1 aromatic carbocycles. The van der Waals surface area contributed by atoms with Crippen molar-refractivity contribution in [3.63, 3.8) is 0 Å². The minimum absolute atomic E-state index is 0.128. The molecular weight excluding hydrogens is 282 g/mol.